The van der Waals surface area contributed by atoms with E-state index in [2.05, 4.69) is 4.90 Å². The molecule has 1 aromatic heterocycles. The van der Waals surface area contributed by atoms with Crippen molar-refractivity contribution in [3.05, 3.63) is 21.3 Å². The maximum absolute atomic E-state index is 11.6. The van der Waals surface area contributed by atoms with Crippen LogP contribution < -0.4 is 0 Å². The number of hydrogen-bond acceptors (Lipinski definition) is 3. The summed E-state index contributed by atoms with van der Waals surface area (Å²) in [7, 11) is 0. The van der Waals surface area contributed by atoms with Crippen LogP contribution in [0.25, 0.3) is 0 Å². The van der Waals surface area contributed by atoms with Crippen LogP contribution in [0.2, 0.25) is 5.02 Å². The molecule has 0 unspecified atom stereocenters. The zero-order valence-corrected chi connectivity index (χ0v) is 11.6. The van der Waals surface area contributed by atoms with Crippen LogP contribution in [0, 0.1) is 11.3 Å². The molecule has 1 N–H and O–H groups in total. The predicted octanol–water partition coefficient (Wildman–Crippen LogP) is 3.09. The standard InChI is InChI=1S/C13H16ClNO2S/c14-10-3-5-18-11(10)7-15-6-9-2-1-4-13(9,8-15)12(16)17/h3,5,9H,1-2,4,6-8H2,(H,16,17)/t9-,13+/m0/s1. The maximum Gasteiger partial charge on any atom is 0.311 e. The van der Waals surface area contributed by atoms with Gasteiger partial charge in [-0.2, -0.15) is 0 Å². The van der Waals surface area contributed by atoms with Crippen LogP contribution in [0.4, 0.5) is 0 Å². The van der Waals surface area contributed by atoms with Gasteiger partial charge in [-0.05, 0) is 30.2 Å². The van der Waals surface area contributed by atoms with Crippen LogP contribution in [0.3, 0.4) is 0 Å². The number of aliphatic carboxylic acids is 1. The molecule has 98 valence electrons. The highest BCUT2D eigenvalue weighted by Crippen LogP contribution is 2.49. The Balaban J connectivity index is 1.75. The number of thiophene rings is 1. The van der Waals surface area contributed by atoms with Crippen LogP contribution in [-0.2, 0) is 11.3 Å². The van der Waals surface area contributed by atoms with Gasteiger partial charge in [-0.1, -0.05) is 18.0 Å². The first kappa shape index (κ1) is 12.5. The number of carboxylic acid groups (broad SMARTS) is 1. The average molecular weight is 286 g/mol. The van der Waals surface area contributed by atoms with Crippen molar-refractivity contribution in [2.75, 3.05) is 13.1 Å². The summed E-state index contributed by atoms with van der Waals surface area (Å²) in [4.78, 5) is 15.0. The summed E-state index contributed by atoms with van der Waals surface area (Å²) >= 11 is 7.75. The number of fused-ring (bicyclic) bond motifs is 1. The third-order valence-corrected chi connectivity index (χ3v) is 5.80. The van der Waals surface area contributed by atoms with Gasteiger partial charge in [-0.15, -0.1) is 11.3 Å². The number of hydrogen-bond donors (Lipinski definition) is 1. The van der Waals surface area contributed by atoms with E-state index in [0.29, 0.717) is 12.5 Å². The molecule has 2 atom stereocenters. The monoisotopic (exact) mass is 285 g/mol. The van der Waals surface area contributed by atoms with Gasteiger partial charge in [0.25, 0.3) is 0 Å². The molecule has 0 radical (unpaired) electrons. The molecule has 0 spiro atoms. The van der Waals surface area contributed by atoms with Gasteiger partial charge in [0.2, 0.25) is 0 Å². The zero-order chi connectivity index (χ0) is 12.8. The summed E-state index contributed by atoms with van der Waals surface area (Å²) in [6.07, 6.45) is 2.95. The minimum Gasteiger partial charge on any atom is -0.481 e. The first-order chi connectivity index (χ1) is 8.62. The van der Waals surface area contributed by atoms with Gasteiger partial charge in [0.1, 0.15) is 0 Å². The SMILES string of the molecule is O=C(O)[C@@]12CCC[C@H]1CN(Cc1sccc1Cl)C2. The lowest BCUT2D eigenvalue weighted by molar-refractivity contribution is -0.149. The van der Waals surface area contributed by atoms with E-state index in [9.17, 15) is 9.90 Å². The molecule has 1 aliphatic carbocycles. The average Bonchev–Trinajstić information content (AvgIpc) is 2.94. The molecular weight excluding hydrogens is 270 g/mol. The molecule has 1 aliphatic heterocycles. The minimum absolute atomic E-state index is 0.328. The summed E-state index contributed by atoms with van der Waals surface area (Å²) in [6.45, 7) is 2.38. The molecule has 18 heavy (non-hydrogen) atoms. The molecule has 3 nitrogen and oxygen atoms in total. The third-order valence-electron chi connectivity index (χ3n) is 4.43. The Kier molecular flexibility index (Phi) is 3.12. The summed E-state index contributed by atoms with van der Waals surface area (Å²) in [6, 6.07) is 1.91. The van der Waals surface area contributed by atoms with Crippen LogP contribution >= 0.6 is 22.9 Å². The number of carbonyl (C=O) groups is 1. The molecule has 5 heteroatoms. The fourth-order valence-electron chi connectivity index (χ4n) is 3.50. The topological polar surface area (TPSA) is 40.5 Å². The molecular formula is C13H16ClNO2S. The highest BCUT2D eigenvalue weighted by Gasteiger charge is 2.54. The molecule has 2 heterocycles. The number of nitrogens with zero attached hydrogens (tertiary/aromatic N) is 1. The molecule has 0 amide bonds. The smallest absolute Gasteiger partial charge is 0.311 e. The van der Waals surface area contributed by atoms with Crippen molar-refractivity contribution < 1.29 is 9.90 Å². The van der Waals surface area contributed by atoms with Crippen molar-refractivity contribution in [1.82, 2.24) is 4.90 Å². The van der Waals surface area contributed by atoms with Crippen molar-refractivity contribution in [3.8, 4) is 0 Å². The number of carboxylic acids is 1. The zero-order valence-electron chi connectivity index (χ0n) is 10.1. The Bertz CT molecular complexity index is 475. The number of rotatable bonds is 3. The normalized spacial score (nSPS) is 31.7. The summed E-state index contributed by atoms with van der Waals surface area (Å²) in [5, 5.41) is 12.3. The van der Waals surface area contributed by atoms with Gasteiger partial charge < -0.3 is 5.11 Å². The molecule has 2 aliphatic rings. The molecule has 3 rings (SSSR count). The van der Waals surface area contributed by atoms with Crippen molar-refractivity contribution in [2.45, 2.75) is 25.8 Å². The quantitative estimate of drug-likeness (QED) is 0.928. The Morgan fingerprint density at radius 3 is 3.11 bits per heavy atom. The van der Waals surface area contributed by atoms with E-state index < -0.39 is 11.4 Å². The summed E-state index contributed by atoms with van der Waals surface area (Å²) < 4.78 is 0. The summed E-state index contributed by atoms with van der Waals surface area (Å²) in [5.74, 6) is -0.279. The highest BCUT2D eigenvalue weighted by molar-refractivity contribution is 7.10. The van der Waals surface area contributed by atoms with Crippen LogP contribution in [-0.4, -0.2) is 29.1 Å². The lowest BCUT2D eigenvalue weighted by Gasteiger charge is -2.23. The largest absolute Gasteiger partial charge is 0.481 e. The molecule has 1 saturated heterocycles. The van der Waals surface area contributed by atoms with Crippen LogP contribution in [0.5, 0.6) is 0 Å². The second kappa shape index (κ2) is 4.51. The van der Waals surface area contributed by atoms with Crippen molar-refractivity contribution in [3.63, 3.8) is 0 Å². The lowest BCUT2D eigenvalue weighted by atomic mass is 9.81. The summed E-state index contributed by atoms with van der Waals surface area (Å²) in [5.41, 5.74) is -0.482. The molecule has 0 aromatic carbocycles. The van der Waals surface area contributed by atoms with Crippen molar-refractivity contribution >= 4 is 28.9 Å². The number of halogens is 1. The minimum atomic E-state index is -0.607. The van der Waals surface area contributed by atoms with E-state index in [1.807, 2.05) is 11.4 Å². The number of likely N-dealkylation sites (tertiary alicyclic amines) is 1. The second-order valence-corrected chi connectivity index (χ2v) is 6.82. The van der Waals surface area contributed by atoms with Gasteiger partial charge in [-0.3, -0.25) is 9.69 Å². The Hall–Kier alpha value is -0.580. The van der Waals surface area contributed by atoms with E-state index in [-0.39, 0.29) is 0 Å². The first-order valence-electron chi connectivity index (χ1n) is 6.29. The lowest BCUT2D eigenvalue weighted by Crippen LogP contribution is -2.35. The molecule has 0 bridgehead atoms. The van der Waals surface area contributed by atoms with E-state index >= 15 is 0 Å². The Morgan fingerprint density at radius 2 is 2.50 bits per heavy atom. The van der Waals surface area contributed by atoms with E-state index in [1.165, 1.54) is 0 Å². The molecule has 1 saturated carbocycles. The first-order valence-corrected chi connectivity index (χ1v) is 7.55. The second-order valence-electron chi connectivity index (χ2n) is 5.41. The van der Waals surface area contributed by atoms with Crippen LogP contribution in [0.1, 0.15) is 24.1 Å². The van der Waals surface area contributed by atoms with Crippen LogP contribution in [0.15, 0.2) is 11.4 Å². The fourth-order valence-corrected chi connectivity index (χ4v) is 4.64. The van der Waals surface area contributed by atoms with E-state index in [1.54, 1.807) is 11.3 Å². The Morgan fingerprint density at radius 1 is 1.67 bits per heavy atom. The maximum atomic E-state index is 11.6. The van der Waals surface area contributed by atoms with E-state index in [0.717, 1.165) is 42.3 Å². The predicted molar refractivity (Wildman–Crippen MR) is 72.0 cm³/mol. The van der Waals surface area contributed by atoms with Crippen molar-refractivity contribution in [2.24, 2.45) is 11.3 Å². The molecule has 1 aromatic rings. The van der Waals surface area contributed by atoms with E-state index in [4.69, 9.17) is 11.6 Å². The van der Waals surface area contributed by atoms with Crippen molar-refractivity contribution in [1.29, 1.82) is 0 Å². The highest BCUT2D eigenvalue weighted by atomic mass is 35.5. The van der Waals surface area contributed by atoms with Gasteiger partial charge in [-0.25, -0.2) is 0 Å². The Labute approximate surface area is 115 Å². The van der Waals surface area contributed by atoms with Gasteiger partial charge in [0.15, 0.2) is 0 Å². The van der Waals surface area contributed by atoms with Gasteiger partial charge in [0.05, 0.1) is 10.4 Å². The molecule has 2 fully saturated rings. The fraction of sp³-hybridized carbons (Fsp3) is 0.615. The van der Waals surface area contributed by atoms with Gasteiger partial charge in [0, 0.05) is 24.5 Å². The van der Waals surface area contributed by atoms with Gasteiger partial charge >= 0.3 is 5.97 Å². The third kappa shape index (κ3) is 1.87.